The molecule has 0 fully saturated rings. The van der Waals surface area contributed by atoms with Crippen molar-refractivity contribution in [3.8, 4) is 0 Å². The Morgan fingerprint density at radius 3 is 2.60 bits per heavy atom. The first-order chi connectivity index (χ1) is 9.76. The molecule has 1 atom stereocenters. The Bertz CT molecular complexity index is 507. The molecule has 20 heavy (non-hydrogen) atoms. The van der Waals surface area contributed by atoms with Crippen molar-refractivity contribution < 1.29 is 0 Å². The van der Waals surface area contributed by atoms with Gasteiger partial charge in [0.2, 0.25) is 0 Å². The van der Waals surface area contributed by atoms with Gasteiger partial charge in [-0.3, -0.25) is 0 Å². The minimum atomic E-state index is 0.383. The number of para-hydroxylation sites is 1. The summed E-state index contributed by atoms with van der Waals surface area (Å²) in [6.45, 7) is 9.62. The maximum absolute atomic E-state index is 3.52. The fraction of sp³-hybridized carbons (Fsp3) is 0.412. The molecular weight excluding hydrogens is 264 g/mol. The molecule has 0 spiro atoms. The normalized spacial score (nSPS) is 12.3. The van der Waals surface area contributed by atoms with E-state index in [0.29, 0.717) is 6.04 Å². The van der Waals surface area contributed by atoms with E-state index in [-0.39, 0.29) is 0 Å². The summed E-state index contributed by atoms with van der Waals surface area (Å²) in [7, 11) is 0. The highest BCUT2D eigenvalue weighted by atomic mass is 32.1. The standard InChI is InChI=1S/C17H24N2S/c1-4-18-14(3)16-10-6-7-11-17(16)19(5-2)13-15-9-8-12-20-15/h6-12,14,18H,4-5,13H2,1-3H3. The molecule has 2 nitrogen and oxygen atoms in total. The highest BCUT2D eigenvalue weighted by Gasteiger charge is 2.14. The van der Waals surface area contributed by atoms with Crippen LogP contribution in [0.4, 0.5) is 5.69 Å². The molecule has 1 aromatic heterocycles. The van der Waals surface area contributed by atoms with Gasteiger partial charge in [-0.05, 0) is 43.5 Å². The van der Waals surface area contributed by atoms with Crippen molar-refractivity contribution in [1.29, 1.82) is 0 Å². The molecule has 2 rings (SSSR count). The molecule has 0 amide bonds. The average molecular weight is 288 g/mol. The van der Waals surface area contributed by atoms with Crippen LogP contribution in [-0.2, 0) is 6.54 Å². The van der Waals surface area contributed by atoms with E-state index in [9.17, 15) is 0 Å². The van der Waals surface area contributed by atoms with Gasteiger partial charge in [0.25, 0.3) is 0 Å². The zero-order valence-corrected chi connectivity index (χ0v) is 13.4. The summed E-state index contributed by atoms with van der Waals surface area (Å²) in [6, 6.07) is 13.5. The lowest BCUT2D eigenvalue weighted by molar-refractivity contribution is 0.595. The third-order valence-electron chi connectivity index (χ3n) is 3.56. The van der Waals surface area contributed by atoms with Crippen LogP contribution in [0.25, 0.3) is 0 Å². The second kappa shape index (κ2) is 7.46. The van der Waals surface area contributed by atoms with Crippen LogP contribution >= 0.6 is 11.3 Å². The van der Waals surface area contributed by atoms with Crippen LogP contribution in [0.5, 0.6) is 0 Å². The summed E-state index contributed by atoms with van der Waals surface area (Å²) in [6.07, 6.45) is 0. The van der Waals surface area contributed by atoms with E-state index in [1.807, 2.05) is 11.3 Å². The van der Waals surface area contributed by atoms with Gasteiger partial charge in [0.05, 0.1) is 6.54 Å². The fourth-order valence-corrected chi connectivity index (χ4v) is 3.24. The summed E-state index contributed by atoms with van der Waals surface area (Å²) in [5.41, 5.74) is 2.73. The molecule has 0 bridgehead atoms. The van der Waals surface area contributed by atoms with Gasteiger partial charge in [0, 0.05) is 23.2 Å². The predicted molar refractivity (Wildman–Crippen MR) is 89.6 cm³/mol. The first-order valence-corrected chi connectivity index (χ1v) is 8.23. The number of anilines is 1. The van der Waals surface area contributed by atoms with Crippen molar-refractivity contribution in [2.75, 3.05) is 18.0 Å². The van der Waals surface area contributed by atoms with E-state index in [0.717, 1.165) is 19.6 Å². The van der Waals surface area contributed by atoms with Gasteiger partial charge in [-0.2, -0.15) is 0 Å². The molecule has 108 valence electrons. The third kappa shape index (κ3) is 3.62. The number of rotatable bonds is 7. The molecule has 2 aromatic rings. The number of benzene rings is 1. The maximum atomic E-state index is 3.52. The Hall–Kier alpha value is -1.32. The predicted octanol–water partition coefficient (Wildman–Crippen LogP) is 4.45. The molecule has 0 saturated heterocycles. The van der Waals surface area contributed by atoms with Gasteiger partial charge in [-0.1, -0.05) is 31.2 Å². The average Bonchev–Trinajstić information content (AvgIpc) is 2.98. The van der Waals surface area contributed by atoms with Crippen molar-refractivity contribution in [1.82, 2.24) is 5.32 Å². The Balaban J connectivity index is 2.24. The van der Waals surface area contributed by atoms with Gasteiger partial charge in [0.1, 0.15) is 0 Å². The highest BCUT2D eigenvalue weighted by molar-refractivity contribution is 7.09. The van der Waals surface area contributed by atoms with E-state index in [2.05, 4.69) is 72.8 Å². The van der Waals surface area contributed by atoms with Crippen molar-refractivity contribution in [3.05, 3.63) is 52.2 Å². The molecule has 0 saturated carbocycles. The number of nitrogens with zero attached hydrogens (tertiary/aromatic N) is 1. The lowest BCUT2D eigenvalue weighted by Gasteiger charge is -2.27. The zero-order valence-electron chi connectivity index (χ0n) is 12.6. The molecule has 1 aromatic carbocycles. The molecule has 0 radical (unpaired) electrons. The van der Waals surface area contributed by atoms with Gasteiger partial charge in [0.15, 0.2) is 0 Å². The van der Waals surface area contributed by atoms with Gasteiger partial charge < -0.3 is 10.2 Å². The van der Waals surface area contributed by atoms with Crippen LogP contribution in [0.1, 0.15) is 37.3 Å². The van der Waals surface area contributed by atoms with Crippen LogP contribution in [0.2, 0.25) is 0 Å². The summed E-state index contributed by atoms with van der Waals surface area (Å²) in [5, 5.41) is 5.67. The topological polar surface area (TPSA) is 15.3 Å². The van der Waals surface area contributed by atoms with Crippen LogP contribution < -0.4 is 10.2 Å². The van der Waals surface area contributed by atoms with E-state index in [1.165, 1.54) is 16.1 Å². The van der Waals surface area contributed by atoms with Gasteiger partial charge in [-0.25, -0.2) is 0 Å². The first kappa shape index (κ1) is 15.1. The van der Waals surface area contributed by atoms with Crippen molar-refractivity contribution >= 4 is 17.0 Å². The molecular formula is C17H24N2S. The lowest BCUT2D eigenvalue weighted by atomic mass is 10.0. The minimum Gasteiger partial charge on any atom is -0.366 e. The second-order valence-electron chi connectivity index (χ2n) is 4.93. The Morgan fingerprint density at radius 2 is 1.95 bits per heavy atom. The molecule has 1 heterocycles. The molecule has 1 N–H and O–H groups in total. The van der Waals surface area contributed by atoms with Crippen LogP contribution in [-0.4, -0.2) is 13.1 Å². The largest absolute Gasteiger partial charge is 0.366 e. The smallest absolute Gasteiger partial charge is 0.0522 e. The van der Waals surface area contributed by atoms with Crippen molar-refractivity contribution in [2.24, 2.45) is 0 Å². The van der Waals surface area contributed by atoms with E-state index in [4.69, 9.17) is 0 Å². The number of nitrogens with one attached hydrogen (secondary N) is 1. The van der Waals surface area contributed by atoms with Gasteiger partial charge >= 0.3 is 0 Å². The summed E-state index contributed by atoms with van der Waals surface area (Å²) >= 11 is 1.83. The van der Waals surface area contributed by atoms with Gasteiger partial charge in [-0.15, -0.1) is 11.3 Å². The number of thiophene rings is 1. The summed E-state index contributed by atoms with van der Waals surface area (Å²) < 4.78 is 0. The summed E-state index contributed by atoms with van der Waals surface area (Å²) in [5.74, 6) is 0. The van der Waals surface area contributed by atoms with E-state index in [1.54, 1.807) is 0 Å². The fourth-order valence-electron chi connectivity index (χ4n) is 2.52. The Morgan fingerprint density at radius 1 is 1.15 bits per heavy atom. The molecule has 0 aliphatic rings. The molecule has 3 heteroatoms. The monoisotopic (exact) mass is 288 g/mol. The van der Waals surface area contributed by atoms with Crippen LogP contribution in [0, 0.1) is 0 Å². The molecule has 1 unspecified atom stereocenters. The summed E-state index contributed by atoms with van der Waals surface area (Å²) in [4.78, 5) is 3.87. The number of hydrogen-bond donors (Lipinski definition) is 1. The minimum absolute atomic E-state index is 0.383. The van der Waals surface area contributed by atoms with Crippen molar-refractivity contribution in [3.63, 3.8) is 0 Å². The Kier molecular flexibility index (Phi) is 5.62. The first-order valence-electron chi connectivity index (χ1n) is 7.35. The lowest BCUT2D eigenvalue weighted by Crippen LogP contribution is -2.26. The third-order valence-corrected chi connectivity index (χ3v) is 4.42. The van der Waals surface area contributed by atoms with Crippen LogP contribution in [0.15, 0.2) is 41.8 Å². The van der Waals surface area contributed by atoms with E-state index < -0.39 is 0 Å². The second-order valence-corrected chi connectivity index (χ2v) is 5.96. The van der Waals surface area contributed by atoms with Crippen LogP contribution in [0.3, 0.4) is 0 Å². The molecule has 0 aliphatic heterocycles. The quantitative estimate of drug-likeness (QED) is 0.810. The maximum Gasteiger partial charge on any atom is 0.0522 e. The highest BCUT2D eigenvalue weighted by Crippen LogP contribution is 2.28. The SMILES string of the molecule is CCNC(C)c1ccccc1N(CC)Cc1cccs1. The number of hydrogen-bond acceptors (Lipinski definition) is 3. The Labute approximate surface area is 126 Å². The zero-order chi connectivity index (χ0) is 14.4. The molecule has 0 aliphatic carbocycles. The van der Waals surface area contributed by atoms with Crippen molar-refractivity contribution in [2.45, 2.75) is 33.4 Å². The van der Waals surface area contributed by atoms with E-state index >= 15 is 0 Å².